The van der Waals surface area contributed by atoms with Crippen LogP contribution in [0, 0.1) is 11.3 Å². The second-order valence-electron chi connectivity index (χ2n) is 7.18. The Morgan fingerprint density at radius 2 is 1.84 bits per heavy atom. The van der Waals surface area contributed by atoms with Gasteiger partial charge < -0.3 is 9.52 Å². The second kappa shape index (κ2) is 8.10. The Morgan fingerprint density at radius 1 is 1.03 bits per heavy atom. The number of hydrogen-bond acceptors (Lipinski definition) is 6. The zero-order valence-electron chi connectivity index (χ0n) is 16.7. The monoisotopic (exact) mass is 441 g/mol. The van der Waals surface area contributed by atoms with Crippen molar-refractivity contribution in [1.82, 2.24) is 14.9 Å². The van der Waals surface area contributed by atoms with Gasteiger partial charge in [-0.2, -0.15) is 5.26 Å². The van der Waals surface area contributed by atoms with Crippen LogP contribution in [0.25, 0.3) is 22.3 Å². The molecule has 0 atom stereocenters. The number of aromatic hydroxyl groups is 1. The molecule has 8 heteroatoms. The van der Waals surface area contributed by atoms with Crippen LogP contribution < -0.4 is 5.01 Å². The topological polar surface area (TPSA) is 91.1 Å². The average Bonchev–Trinajstić information content (AvgIpc) is 3.49. The molecule has 0 aliphatic carbocycles. The molecule has 2 aromatic heterocycles. The smallest absolute Gasteiger partial charge is 0.139 e. The van der Waals surface area contributed by atoms with E-state index in [0.29, 0.717) is 23.4 Å². The maximum atomic E-state index is 9.75. The summed E-state index contributed by atoms with van der Waals surface area (Å²) in [6, 6.07) is 22.5. The summed E-state index contributed by atoms with van der Waals surface area (Å²) in [5.41, 5.74) is 3.61. The van der Waals surface area contributed by atoms with Gasteiger partial charge in [-0.25, -0.2) is 4.68 Å². The number of nitriles is 1. The normalized spacial score (nSPS) is 10.9. The van der Waals surface area contributed by atoms with Gasteiger partial charge in [0.2, 0.25) is 0 Å². The first-order valence-corrected chi connectivity index (χ1v) is 10.1. The number of phenolic OH excluding ortho intramolecular Hbond substituents is 1. The van der Waals surface area contributed by atoms with Gasteiger partial charge in [0.1, 0.15) is 29.7 Å². The summed E-state index contributed by atoms with van der Waals surface area (Å²) in [5, 5.41) is 30.4. The van der Waals surface area contributed by atoms with E-state index in [4.69, 9.17) is 16.0 Å². The van der Waals surface area contributed by atoms with Crippen LogP contribution in [0.3, 0.4) is 0 Å². The molecule has 0 amide bonds. The molecule has 5 rings (SSSR count). The molecule has 0 aliphatic heterocycles. The number of para-hydroxylation sites is 1. The number of nitrogens with zero attached hydrogens (tertiary/aromatic N) is 5. The van der Waals surface area contributed by atoms with E-state index < -0.39 is 0 Å². The number of anilines is 1. The summed E-state index contributed by atoms with van der Waals surface area (Å²) in [4.78, 5) is 0. The third kappa shape index (κ3) is 3.64. The number of furan rings is 1. The van der Waals surface area contributed by atoms with E-state index in [1.165, 1.54) is 0 Å². The first kappa shape index (κ1) is 19.7. The molecule has 1 N–H and O–H groups in total. The van der Waals surface area contributed by atoms with E-state index in [9.17, 15) is 10.4 Å². The van der Waals surface area contributed by atoms with E-state index >= 15 is 0 Å². The maximum absolute atomic E-state index is 9.75. The summed E-state index contributed by atoms with van der Waals surface area (Å²) in [5.74, 6) is 0.637. The molecule has 0 radical (unpaired) electrons. The van der Waals surface area contributed by atoms with E-state index in [2.05, 4.69) is 16.3 Å². The highest BCUT2D eigenvalue weighted by atomic mass is 35.5. The third-order valence-electron chi connectivity index (χ3n) is 5.14. The van der Waals surface area contributed by atoms with Crippen LogP contribution in [0.15, 0.2) is 83.8 Å². The van der Waals surface area contributed by atoms with Crippen LogP contribution >= 0.6 is 11.6 Å². The summed E-state index contributed by atoms with van der Waals surface area (Å²) in [6.45, 7) is 0.420. The molecule has 2 heterocycles. The molecule has 0 aliphatic rings. The van der Waals surface area contributed by atoms with E-state index in [1.54, 1.807) is 41.6 Å². The molecule has 0 unspecified atom stereocenters. The fraction of sp³-hybridized carbons (Fsp3) is 0.0417. The summed E-state index contributed by atoms with van der Waals surface area (Å²) in [7, 11) is 0. The molecule has 0 saturated heterocycles. The molecular formula is C24H16ClN5O2. The van der Waals surface area contributed by atoms with Crippen molar-refractivity contribution in [2.24, 2.45) is 0 Å². The van der Waals surface area contributed by atoms with Gasteiger partial charge in [0.25, 0.3) is 0 Å². The lowest BCUT2D eigenvalue weighted by Gasteiger charge is -2.25. The molecule has 32 heavy (non-hydrogen) atoms. The summed E-state index contributed by atoms with van der Waals surface area (Å²) < 4.78 is 7.76. The molecular weight excluding hydrogens is 426 g/mol. The fourth-order valence-electron chi connectivity index (χ4n) is 3.56. The number of benzene rings is 3. The Balaban J connectivity index is 1.61. The average molecular weight is 442 g/mol. The predicted molar refractivity (Wildman–Crippen MR) is 121 cm³/mol. The van der Waals surface area contributed by atoms with E-state index in [0.717, 1.165) is 22.2 Å². The molecule has 0 bridgehead atoms. The first-order chi connectivity index (χ1) is 15.6. The number of rotatable bonds is 5. The number of hydrogen-bond donors (Lipinski definition) is 1. The van der Waals surface area contributed by atoms with Gasteiger partial charge in [0.15, 0.2) is 0 Å². The minimum atomic E-state index is 0.0248. The highest BCUT2D eigenvalue weighted by Crippen LogP contribution is 2.33. The Labute approximate surface area is 188 Å². The SMILES string of the molecule is N#Cc1ccc(N(Cc2ccc(O)c(Cl)c2)n2cnnc2)cc1-c1cc2ccccc2o1. The highest BCUT2D eigenvalue weighted by molar-refractivity contribution is 6.32. The van der Waals surface area contributed by atoms with Crippen LogP contribution in [0.2, 0.25) is 5.02 Å². The number of phenols is 1. The first-order valence-electron chi connectivity index (χ1n) is 9.75. The van der Waals surface area contributed by atoms with Gasteiger partial charge in [-0.1, -0.05) is 35.9 Å². The zero-order valence-corrected chi connectivity index (χ0v) is 17.4. The summed E-state index contributed by atoms with van der Waals surface area (Å²) >= 11 is 6.10. The highest BCUT2D eigenvalue weighted by Gasteiger charge is 2.17. The fourth-order valence-corrected chi connectivity index (χ4v) is 3.76. The largest absolute Gasteiger partial charge is 0.506 e. The lowest BCUT2D eigenvalue weighted by atomic mass is 10.0. The van der Waals surface area contributed by atoms with Crippen molar-refractivity contribution < 1.29 is 9.52 Å². The lowest BCUT2D eigenvalue weighted by molar-refractivity contribution is 0.475. The molecule has 3 aromatic carbocycles. The standard InChI is InChI=1S/C24H16ClN5O2/c25-21-9-16(5-8-22(21)31)13-30(29-14-27-28-15-29)19-7-6-18(12-26)20(11-19)24-10-17-3-1-2-4-23(17)32-24/h1-11,14-15,31H,13H2. The second-order valence-corrected chi connectivity index (χ2v) is 7.58. The lowest BCUT2D eigenvalue weighted by Crippen LogP contribution is -2.27. The van der Waals surface area contributed by atoms with Gasteiger partial charge in [-0.3, -0.25) is 5.01 Å². The van der Waals surface area contributed by atoms with Gasteiger partial charge in [-0.05, 0) is 48.0 Å². The third-order valence-corrected chi connectivity index (χ3v) is 5.45. The number of aromatic nitrogens is 3. The molecule has 7 nitrogen and oxygen atoms in total. The van der Waals surface area contributed by atoms with Crippen molar-refractivity contribution in [3.63, 3.8) is 0 Å². The van der Waals surface area contributed by atoms with Crippen molar-refractivity contribution in [3.05, 3.63) is 95.5 Å². The Hall–Kier alpha value is -4.28. The quantitative estimate of drug-likeness (QED) is 0.393. The van der Waals surface area contributed by atoms with Crippen molar-refractivity contribution >= 4 is 28.3 Å². The number of halogens is 1. The van der Waals surface area contributed by atoms with Gasteiger partial charge >= 0.3 is 0 Å². The molecule has 0 spiro atoms. The van der Waals surface area contributed by atoms with Gasteiger partial charge in [0, 0.05) is 10.9 Å². The predicted octanol–water partition coefficient (Wildman–Crippen LogP) is 5.39. The van der Waals surface area contributed by atoms with Crippen molar-refractivity contribution in [1.29, 1.82) is 5.26 Å². The Bertz CT molecular complexity index is 1420. The molecule has 0 fully saturated rings. The Kier molecular flexibility index (Phi) is 4.98. The molecule has 0 saturated carbocycles. The zero-order chi connectivity index (χ0) is 22.1. The van der Waals surface area contributed by atoms with Crippen LogP contribution in [0.1, 0.15) is 11.1 Å². The minimum Gasteiger partial charge on any atom is -0.506 e. The van der Waals surface area contributed by atoms with Gasteiger partial charge in [-0.15, -0.1) is 10.2 Å². The van der Waals surface area contributed by atoms with Gasteiger partial charge in [0.05, 0.1) is 28.9 Å². The van der Waals surface area contributed by atoms with Crippen LogP contribution in [-0.4, -0.2) is 20.0 Å². The summed E-state index contributed by atoms with van der Waals surface area (Å²) in [6.07, 6.45) is 3.17. The van der Waals surface area contributed by atoms with Crippen LogP contribution in [0.5, 0.6) is 5.75 Å². The molecule has 5 aromatic rings. The molecule has 156 valence electrons. The minimum absolute atomic E-state index is 0.0248. The van der Waals surface area contributed by atoms with Crippen LogP contribution in [-0.2, 0) is 6.54 Å². The van der Waals surface area contributed by atoms with Crippen LogP contribution in [0.4, 0.5) is 5.69 Å². The van der Waals surface area contributed by atoms with E-state index in [1.807, 2.05) is 47.5 Å². The Morgan fingerprint density at radius 3 is 2.59 bits per heavy atom. The van der Waals surface area contributed by atoms with Crippen molar-refractivity contribution in [3.8, 4) is 23.1 Å². The maximum Gasteiger partial charge on any atom is 0.139 e. The van der Waals surface area contributed by atoms with Crippen molar-refractivity contribution in [2.45, 2.75) is 6.54 Å². The number of fused-ring (bicyclic) bond motifs is 1. The van der Waals surface area contributed by atoms with Crippen molar-refractivity contribution in [2.75, 3.05) is 5.01 Å². The van der Waals surface area contributed by atoms with E-state index in [-0.39, 0.29) is 10.8 Å².